The van der Waals surface area contributed by atoms with E-state index in [4.69, 9.17) is 10.5 Å². The first-order valence-corrected chi connectivity index (χ1v) is 7.49. The van der Waals surface area contributed by atoms with Gasteiger partial charge in [0, 0.05) is 15.1 Å². The molecule has 0 amide bonds. The molecular formula is C14H13BrFNOS. The fraction of sp³-hybridized carbons (Fsp3) is 0.143. The van der Waals surface area contributed by atoms with Crippen LogP contribution >= 0.6 is 27.7 Å². The van der Waals surface area contributed by atoms with E-state index in [1.165, 1.54) is 17.8 Å². The number of nitrogens with two attached hydrogens (primary N) is 1. The van der Waals surface area contributed by atoms with Gasteiger partial charge in [0.25, 0.3) is 0 Å². The van der Waals surface area contributed by atoms with E-state index < -0.39 is 0 Å². The topological polar surface area (TPSA) is 35.2 Å². The summed E-state index contributed by atoms with van der Waals surface area (Å²) < 4.78 is 19.8. The van der Waals surface area contributed by atoms with Gasteiger partial charge in [0.05, 0.1) is 12.3 Å². The van der Waals surface area contributed by atoms with E-state index in [2.05, 4.69) is 15.9 Å². The molecule has 0 bridgehead atoms. The van der Waals surface area contributed by atoms with Crippen molar-refractivity contribution in [2.24, 2.45) is 0 Å². The van der Waals surface area contributed by atoms with E-state index in [1.54, 1.807) is 6.07 Å². The van der Waals surface area contributed by atoms with Crippen molar-refractivity contribution in [1.82, 2.24) is 0 Å². The number of halogens is 2. The van der Waals surface area contributed by atoms with Crippen molar-refractivity contribution >= 4 is 33.4 Å². The van der Waals surface area contributed by atoms with Crippen LogP contribution in [-0.2, 0) is 0 Å². The Balaban J connectivity index is 1.77. The number of ether oxygens (including phenoxy) is 1. The van der Waals surface area contributed by atoms with Gasteiger partial charge in [-0.05, 0) is 42.5 Å². The second-order valence-corrected chi connectivity index (χ2v) is 5.92. The maximum atomic E-state index is 13.2. The molecular weight excluding hydrogens is 329 g/mol. The summed E-state index contributed by atoms with van der Waals surface area (Å²) in [6, 6.07) is 12.5. The molecule has 0 aliphatic heterocycles. The molecule has 0 radical (unpaired) electrons. The SMILES string of the molecule is Nc1ccc(SCCOc2ccc(Br)cc2)cc1F. The van der Waals surface area contributed by atoms with Crippen LogP contribution in [0.5, 0.6) is 5.75 Å². The van der Waals surface area contributed by atoms with Crippen LogP contribution in [0.15, 0.2) is 51.8 Å². The van der Waals surface area contributed by atoms with Crippen molar-refractivity contribution in [3.05, 3.63) is 52.8 Å². The first-order chi connectivity index (χ1) is 9.15. The molecule has 0 unspecified atom stereocenters. The smallest absolute Gasteiger partial charge is 0.147 e. The molecule has 100 valence electrons. The summed E-state index contributed by atoms with van der Waals surface area (Å²) in [6.07, 6.45) is 0. The standard InChI is InChI=1S/C14H13BrFNOS/c15-10-1-3-11(4-2-10)18-7-8-19-12-5-6-14(17)13(16)9-12/h1-6,9H,7-8,17H2. The Morgan fingerprint density at radius 1 is 1.16 bits per heavy atom. The lowest BCUT2D eigenvalue weighted by Gasteiger charge is -2.06. The van der Waals surface area contributed by atoms with Crippen molar-refractivity contribution in [1.29, 1.82) is 0 Å². The Kier molecular flexibility index (Phi) is 5.10. The van der Waals surface area contributed by atoms with Gasteiger partial charge in [-0.15, -0.1) is 11.8 Å². The fourth-order valence-electron chi connectivity index (χ4n) is 1.45. The molecule has 2 aromatic rings. The van der Waals surface area contributed by atoms with Gasteiger partial charge >= 0.3 is 0 Å². The van der Waals surface area contributed by atoms with Crippen molar-refractivity contribution < 1.29 is 9.13 Å². The van der Waals surface area contributed by atoms with Crippen molar-refractivity contribution in [3.63, 3.8) is 0 Å². The molecule has 19 heavy (non-hydrogen) atoms. The monoisotopic (exact) mass is 341 g/mol. The zero-order valence-electron chi connectivity index (χ0n) is 10.1. The van der Waals surface area contributed by atoms with E-state index in [1.807, 2.05) is 30.3 Å². The summed E-state index contributed by atoms with van der Waals surface area (Å²) in [5.41, 5.74) is 5.60. The molecule has 5 heteroatoms. The average Bonchev–Trinajstić information content (AvgIpc) is 2.41. The number of nitrogen functional groups attached to an aromatic ring is 1. The van der Waals surface area contributed by atoms with Crippen molar-refractivity contribution in [2.45, 2.75) is 4.90 Å². The minimum absolute atomic E-state index is 0.176. The van der Waals surface area contributed by atoms with Crippen LogP contribution < -0.4 is 10.5 Å². The van der Waals surface area contributed by atoms with E-state index >= 15 is 0 Å². The van der Waals surface area contributed by atoms with Crippen LogP contribution in [0.3, 0.4) is 0 Å². The third-order valence-electron chi connectivity index (χ3n) is 2.41. The van der Waals surface area contributed by atoms with Gasteiger partial charge < -0.3 is 10.5 Å². The van der Waals surface area contributed by atoms with Gasteiger partial charge in [-0.25, -0.2) is 4.39 Å². The molecule has 0 saturated heterocycles. The zero-order valence-corrected chi connectivity index (χ0v) is 12.5. The van der Waals surface area contributed by atoms with Gasteiger partial charge in [0.15, 0.2) is 0 Å². The van der Waals surface area contributed by atoms with Crippen LogP contribution in [0.2, 0.25) is 0 Å². The minimum atomic E-state index is -0.376. The summed E-state index contributed by atoms with van der Waals surface area (Å²) >= 11 is 4.90. The number of thioether (sulfide) groups is 1. The van der Waals surface area contributed by atoms with Crippen LogP contribution in [0.25, 0.3) is 0 Å². The number of benzene rings is 2. The minimum Gasteiger partial charge on any atom is -0.493 e. The van der Waals surface area contributed by atoms with Crippen LogP contribution in [0, 0.1) is 5.82 Å². The van der Waals surface area contributed by atoms with Gasteiger partial charge in [-0.2, -0.15) is 0 Å². The van der Waals surface area contributed by atoms with Crippen LogP contribution in [0.4, 0.5) is 10.1 Å². The highest BCUT2D eigenvalue weighted by atomic mass is 79.9. The Bertz CT molecular complexity index is 548. The van der Waals surface area contributed by atoms with E-state index in [9.17, 15) is 4.39 Å². The first-order valence-electron chi connectivity index (χ1n) is 5.71. The van der Waals surface area contributed by atoms with Gasteiger partial charge in [-0.1, -0.05) is 15.9 Å². The second-order valence-electron chi connectivity index (χ2n) is 3.83. The molecule has 0 atom stereocenters. The van der Waals surface area contributed by atoms with Crippen molar-refractivity contribution in [2.75, 3.05) is 18.1 Å². The number of hydrogen-bond donors (Lipinski definition) is 1. The lowest BCUT2D eigenvalue weighted by molar-refractivity contribution is 0.344. The lowest BCUT2D eigenvalue weighted by atomic mass is 10.3. The highest BCUT2D eigenvalue weighted by molar-refractivity contribution is 9.10. The maximum absolute atomic E-state index is 13.2. The molecule has 0 aliphatic rings. The number of anilines is 1. The molecule has 2 aromatic carbocycles. The molecule has 2 nitrogen and oxygen atoms in total. The van der Waals surface area contributed by atoms with Gasteiger partial charge in [0.2, 0.25) is 0 Å². The fourth-order valence-corrected chi connectivity index (χ4v) is 2.47. The zero-order chi connectivity index (χ0) is 13.7. The van der Waals surface area contributed by atoms with Crippen LogP contribution in [-0.4, -0.2) is 12.4 Å². The van der Waals surface area contributed by atoms with E-state index in [0.29, 0.717) is 6.61 Å². The van der Waals surface area contributed by atoms with Gasteiger partial charge in [-0.3, -0.25) is 0 Å². The molecule has 2 rings (SSSR count). The Morgan fingerprint density at radius 2 is 1.89 bits per heavy atom. The Morgan fingerprint density at radius 3 is 2.58 bits per heavy atom. The highest BCUT2D eigenvalue weighted by Gasteiger charge is 2.01. The second kappa shape index (κ2) is 6.82. The molecule has 0 spiro atoms. The first kappa shape index (κ1) is 14.2. The lowest BCUT2D eigenvalue weighted by Crippen LogP contribution is -2.00. The average molecular weight is 342 g/mol. The number of hydrogen-bond acceptors (Lipinski definition) is 3. The molecule has 0 aliphatic carbocycles. The predicted octanol–water partition coefficient (Wildman–Crippen LogP) is 4.34. The third-order valence-corrected chi connectivity index (χ3v) is 3.89. The summed E-state index contributed by atoms with van der Waals surface area (Å²) in [7, 11) is 0. The predicted molar refractivity (Wildman–Crippen MR) is 81.2 cm³/mol. The van der Waals surface area contributed by atoms with Gasteiger partial charge in [0.1, 0.15) is 11.6 Å². The summed E-state index contributed by atoms with van der Waals surface area (Å²) in [5.74, 6) is 1.20. The normalized spacial score (nSPS) is 10.4. The van der Waals surface area contributed by atoms with E-state index in [0.717, 1.165) is 20.9 Å². The molecule has 0 aromatic heterocycles. The molecule has 0 heterocycles. The maximum Gasteiger partial charge on any atom is 0.147 e. The van der Waals surface area contributed by atoms with Crippen LogP contribution in [0.1, 0.15) is 0 Å². The Labute approximate surface area is 124 Å². The molecule has 0 fully saturated rings. The Hall–Kier alpha value is -1.20. The summed E-state index contributed by atoms with van der Waals surface area (Å²) in [5, 5.41) is 0. The quantitative estimate of drug-likeness (QED) is 0.499. The largest absolute Gasteiger partial charge is 0.493 e. The molecule has 0 saturated carbocycles. The summed E-state index contributed by atoms with van der Waals surface area (Å²) in [6.45, 7) is 0.568. The van der Waals surface area contributed by atoms with E-state index in [-0.39, 0.29) is 11.5 Å². The molecule has 2 N–H and O–H groups in total. The summed E-state index contributed by atoms with van der Waals surface area (Å²) in [4.78, 5) is 0.853. The highest BCUT2D eigenvalue weighted by Crippen LogP contribution is 2.22. The van der Waals surface area contributed by atoms with Crippen molar-refractivity contribution in [3.8, 4) is 5.75 Å². The third kappa shape index (κ3) is 4.44. The number of rotatable bonds is 5.